The molecule has 1 unspecified atom stereocenters. The Labute approximate surface area is 118 Å². The molecule has 2 N–H and O–H groups in total. The number of aromatic nitrogens is 1. The Bertz CT molecular complexity index is 624. The van der Waals surface area contributed by atoms with Gasteiger partial charge in [-0.25, -0.2) is 4.79 Å². The minimum absolute atomic E-state index is 0.0122. The van der Waals surface area contributed by atoms with Gasteiger partial charge in [-0.3, -0.25) is 29.6 Å². The Hall–Kier alpha value is -2.81. The quantitative estimate of drug-likeness (QED) is 0.631. The van der Waals surface area contributed by atoms with Gasteiger partial charge < -0.3 is 10.1 Å². The van der Waals surface area contributed by atoms with E-state index in [9.17, 15) is 19.2 Å². The number of hydrogen-bond acceptors (Lipinski definition) is 6. The molecule has 21 heavy (non-hydrogen) atoms. The van der Waals surface area contributed by atoms with Crippen molar-refractivity contribution in [3.63, 3.8) is 0 Å². The van der Waals surface area contributed by atoms with E-state index in [1.165, 1.54) is 18.3 Å². The van der Waals surface area contributed by atoms with Gasteiger partial charge in [-0.1, -0.05) is 0 Å². The Morgan fingerprint density at radius 3 is 2.81 bits per heavy atom. The average Bonchev–Trinajstić information content (AvgIpc) is 2.71. The topological polar surface area (TPSA) is 118 Å². The maximum atomic E-state index is 12.3. The fourth-order valence-electron chi connectivity index (χ4n) is 2.16. The van der Waals surface area contributed by atoms with E-state index in [1.54, 1.807) is 0 Å². The van der Waals surface area contributed by atoms with Crippen molar-refractivity contribution in [3.8, 4) is 0 Å². The zero-order valence-corrected chi connectivity index (χ0v) is 10.7. The van der Waals surface area contributed by atoms with Gasteiger partial charge in [0.2, 0.25) is 0 Å². The van der Waals surface area contributed by atoms with Crippen LogP contribution in [0.1, 0.15) is 20.8 Å². The number of carbonyl (C=O) groups excluding carboxylic acids is 4. The molecule has 0 bridgehead atoms. The Balaban J connectivity index is 1.93. The van der Waals surface area contributed by atoms with Crippen molar-refractivity contribution >= 4 is 23.8 Å². The molecule has 108 valence electrons. The summed E-state index contributed by atoms with van der Waals surface area (Å²) in [4.78, 5) is 52.4. The van der Waals surface area contributed by atoms with Crippen molar-refractivity contribution < 1.29 is 23.9 Å². The van der Waals surface area contributed by atoms with E-state index < -0.39 is 29.8 Å². The fourth-order valence-corrected chi connectivity index (χ4v) is 2.16. The van der Waals surface area contributed by atoms with Gasteiger partial charge in [0, 0.05) is 6.20 Å². The summed E-state index contributed by atoms with van der Waals surface area (Å²) in [6.07, 6.45) is 1.38. The number of fused-ring (bicyclic) bond motifs is 1. The number of pyridine rings is 1. The van der Waals surface area contributed by atoms with Crippen molar-refractivity contribution in [3.05, 3.63) is 29.6 Å². The van der Waals surface area contributed by atoms with E-state index in [1.807, 2.05) is 5.32 Å². The molecule has 0 aromatic carbocycles. The van der Waals surface area contributed by atoms with Crippen molar-refractivity contribution in [1.82, 2.24) is 20.5 Å². The third-order valence-electron chi connectivity index (χ3n) is 3.14. The van der Waals surface area contributed by atoms with Crippen molar-refractivity contribution in [2.24, 2.45) is 0 Å². The van der Waals surface area contributed by atoms with Crippen LogP contribution in [0.2, 0.25) is 0 Å². The second-order valence-corrected chi connectivity index (χ2v) is 4.41. The van der Waals surface area contributed by atoms with Crippen LogP contribution in [-0.4, -0.2) is 53.0 Å². The number of hydrogen-bond donors (Lipinski definition) is 2. The van der Waals surface area contributed by atoms with E-state index in [-0.39, 0.29) is 24.6 Å². The third-order valence-corrected chi connectivity index (χ3v) is 3.14. The highest BCUT2D eigenvalue weighted by atomic mass is 16.5. The first-order chi connectivity index (χ1) is 10.1. The van der Waals surface area contributed by atoms with Crippen molar-refractivity contribution in [1.29, 1.82) is 0 Å². The van der Waals surface area contributed by atoms with Gasteiger partial charge in [0.25, 0.3) is 17.7 Å². The van der Waals surface area contributed by atoms with Crippen LogP contribution < -0.4 is 10.6 Å². The summed E-state index contributed by atoms with van der Waals surface area (Å²) < 4.78 is 5.08. The molecule has 5 amide bonds. The highest BCUT2D eigenvalue weighted by molar-refractivity contribution is 6.22. The molecule has 0 saturated carbocycles. The standard InChI is InChI=1S/C12H10N4O5/c17-9-7(4-21-5-14-12(20)15-9)16-10(18)6-2-1-3-13-8(6)11(16)19/h1-3,7H,4-5H2,(H2,14,15,17,20). The molecule has 1 fully saturated rings. The molecule has 9 nitrogen and oxygen atoms in total. The van der Waals surface area contributed by atoms with E-state index in [0.717, 1.165) is 4.90 Å². The van der Waals surface area contributed by atoms with Gasteiger partial charge in [-0.2, -0.15) is 0 Å². The molecule has 0 aliphatic carbocycles. The lowest BCUT2D eigenvalue weighted by atomic mass is 10.2. The predicted octanol–water partition coefficient (Wildman–Crippen LogP) is -1.14. The highest BCUT2D eigenvalue weighted by Crippen LogP contribution is 2.23. The average molecular weight is 290 g/mol. The summed E-state index contributed by atoms with van der Waals surface area (Å²) in [7, 11) is 0. The number of imide groups is 2. The molecular formula is C12H10N4O5. The van der Waals surface area contributed by atoms with Crippen LogP contribution in [0.3, 0.4) is 0 Å². The SMILES string of the molecule is O=C1NCOCC(N2C(=O)c3cccnc3C2=O)C(=O)N1. The van der Waals surface area contributed by atoms with Gasteiger partial charge in [0.15, 0.2) is 0 Å². The largest absolute Gasteiger partial charge is 0.358 e. The lowest BCUT2D eigenvalue weighted by Gasteiger charge is -2.26. The molecule has 1 atom stereocenters. The minimum Gasteiger partial charge on any atom is -0.358 e. The van der Waals surface area contributed by atoms with Gasteiger partial charge >= 0.3 is 6.03 Å². The first kappa shape index (κ1) is 13.2. The van der Waals surface area contributed by atoms with Gasteiger partial charge in [-0.05, 0) is 12.1 Å². The number of carbonyl (C=O) groups is 4. The molecule has 1 aromatic rings. The van der Waals surface area contributed by atoms with E-state index >= 15 is 0 Å². The third kappa shape index (κ3) is 2.13. The second kappa shape index (κ2) is 4.94. The maximum absolute atomic E-state index is 12.3. The number of urea groups is 1. The first-order valence-electron chi connectivity index (χ1n) is 6.09. The number of nitrogens with one attached hydrogen (secondary N) is 2. The number of nitrogens with zero attached hydrogens (tertiary/aromatic N) is 2. The van der Waals surface area contributed by atoms with Crippen LogP contribution in [0.25, 0.3) is 0 Å². The Morgan fingerprint density at radius 2 is 2.05 bits per heavy atom. The lowest BCUT2D eigenvalue weighted by molar-refractivity contribution is -0.126. The van der Waals surface area contributed by atoms with Crippen LogP contribution in [0.5, 0.6) is 0 Å². The minimum atomic E-state index is -1.22. The summed E-state index contributed by atoms with van der Waals surface area (Å²) in [5.41, 5.74) is 0.114. The number of amides is 5. The lowest BCUT2D eigenvalue weighted by Crippen LogP contribution is -2.57. The molecule has 1 aromatic heterocycles. The first-order valence-corrected chi connectivity index (χ1v) is 6.09. The molecule has 2 aliphatic rings. The number of rotatable bonds is 1. The molecule has 3 heterocycles. The van der Waals surface area contributed by atoms with Crippen molar-refractivity contribution in [2.45, 2.75) is 6.04 Å². The molecule has 2 aliphatic heterocycles. The summed E-state index contributed by atoms with van der Waals surface area (Å²) >= 11 is 0. The van der Waals surface area contributed by atoms with Gasteiger partial charge in [0.05, 0.1) is 12.2 Å². The van der Waals surface area contributed by atoms with Crippen LogP contribution in [-0.2, 0) is 9.53 Å². The Morgan fingerprint density at radius 1 is 1.24 bits per heavy atom. The molecule has 9 heteroatoms. The van der Waals surface area contributed by atoms with Crippen LogP contribution >= 0.6 is 0 Å². The monoisotopic (exact) mass is 290 g/mol. The normalized spacial score (nSPS) is 22.3. The van der Waals surface area contributed by atoms with Crippen LogP contribution in [0, 0.1) is 0 Å². The predicted molar refractivity (Wildman–Crippen MR) is 66.0 cm³/mol. The van der Waals surface area contributed by atoms with E-state index in [4.69, 9.17) is 4.74 Å². The molecule has 3 rings (SSSR count). The van der Waals surface area contributed by atoms with Gasteiger partial charge in [-0.15, -0.1) is 0 Å². The fraction of sp³-hybridized carbons (Fsp3) is 0.250. The molecule has 1 saturated heterocycles. The molecule has 0 spiro atoms. The van der Waals surface area contributed by atoms with E-state index in [0.29, 0.717) is 0 Å². The zero-order valence-electron chi connectivity index (χ0n) is 10.7. The van der Waals surface area contributed by atoms with Gasteiger partial charge in [0.1, 0.15) is 18.5 Å². The Kier molecular flexibility index (Phi) is 3.10. The molecule has 0 radical (unpaired) electrons. The highest BCUT2D eigenvalue weighted by Gasteiger charge is 2.44. The van der Waals surface area contributed by atoms with Crippen LogP contribution in [0.15, 0.2) is 18.3 Å². The summed E-state index contributed by atoms with van der Waals surface area (Å²) in [6.45, 7) is -0.339. The van der Waals surface area contributed by atoms with Crippen LogP contribution in [0.4, 0.5) is 4.79 Å². The molecular weight excluding hydrogens is 280 g/mol. The smallest absolute Gasteiger partial charge is 0.323 e. The second-order valence-electron chi connectivity index (χ2n) is 4.41. The van der Waals surface area contributed by atoms with E-state index in [2.05, 4.69) is 10.3 Å². The zero-order chi connectivity index (χ0) is 15.0. The summed E-state index contributed by atoms with van der Waals surface area (Å²) in [6, 6.07) is 1.01. The summed E-state index contributed by atoms with van der Waals surface area (Å²) in [5, 5.41) is 4.31. The number of ether oxygens (including phenoxy) is 1. The van der Waals surface area contributed by atoms with Crippen molar-refractivity contribution in [2.75, 3.05) is 13.3 Å². The maximum Gasteiger partial charge on any atom is 0.323 e. The summed E-state index contributed by atoms with van der Waals surface area (Å²) in [5.74, 6) is -2.10.